The van der Waals surface area contributed by atoms with E-state index in [1.54, 1.807) is 12.5 Å². The van der Waals surface area contributed by atoms with E-state index < -0.39 is 29.0 Å². The first-order chi connectivity index (χ1) is 15.0. The fourth-order valence-corrected chi connectivity index (χ4v) is 4.70. The molecule has 156 valence electrons. The van der Waals surface area contributed by atoms with Crippen molar-refractivity contribution in [3.63, 3.8) is 0 Å². The van der Waals surface area contributed by atoms with E-state index in [4.69, 9.17) is 0 Å². The molecule has 0 fully saturated rings. The molecule has 1 aliphatic carbocycles. The molecule has 0 spiro atoms. The molecule has 31 heavy (non-hydrogen) atoms. The lowest BCUT2D eigenvalue weighted by molar-refractivity contribution is 0.102. The van der Waals surface area contributed by atoms with Crippen LogP contribution in [0.15, 0.2) is 49.1 Å². The van der Waals surface area contributed by atoms with E-state index in [1.165, 1.54) is 11.3 Å². The van der Waals surface area contributed by atoms with Gasteiger partial charge in [0, 0.05) is 18.1 Å². The van der Waals surface area contributed by atoms with Gasteiger partial charge in [-0.2, -0.15) is 0 Å². The van der Waals surface area contributed by atoms with Gasteiger partial charge in [-0.05, 0) is 54.7 Å². The number of anilines is 1. The van der Waals surface area contributed by atoms with Crippen LogP contribution in [0.1, 0.15) is 27.5 Å². The standard InChI is InChI=1S/C22H15F3N4OS/c23-15-6-7-16(19(25)18(15)24)27-21(30)22-28-17-3-1-2-12-4-5-13(29-9-8-26-11-29)10-14(12)20(17)31-22/h4-11H,1-3H2,(H,27,30). The van der Waals surface area contributed by atoms with Crippen LogP contribution in [0.4, 0.5) is 18.9 Å². The second-order valence-corrected chi connectivity index (χ2v) is 8.14. The van der Waals surface area contributed by atoms with Crippen molar-refractivity contribution < 1.29 is 18.0 Å². The Bertz CT molecular complexity index is 1300. The van der Waals surface area contributed by atoms with E-state index in [0.717, 1.165) is 52.4 Å². The molecule has 0 radical (unpaired) electrons. The molecule has 0 atom stereocenters. The zero-order chi connectivity index (χ0) is 21.5. The van der Waals surface area contributed by atoms with Crippen LogP contribution in [0.3, 0.4) is 0 Å². The number of benzene rings is 2. The Labute approximate surface area is 179 Å². The molecule has 0 bridgehead atoms. The Morgan fingerprint density at radius 3 is 2.77 bits per heavy atom. The third-order valence-electron chi connectivity index (χ3n) is 5.18. The highest BCUT2D eigenvalue weighted by Gasteiger charge is 2.24. The minimum atomic E-state index is -1.63. The molecule has 2 aromatic heterocycles. The van der Waals surface area contributed by atoms with Gasteiger partial charge in [0.25, 0.3) is 5.91 Å². The Morgan fingerprint density at radius 1 is 1.10 bits per heavy atom. The quantitative estimate of drug-likeness (QED) is 0.448. The number of rotatable bonds is 3. The molecule has 1 aliphatic rings. The summed E-state index contributed by atoms with van der Waals surface area (Å²) in [6.07, 6.45) is 7.73. The Balaban J connectivity index is 1.51. The van der Waals surface area contributed by atoms with Crippen LogP contribution in [-0.2, 0) is 12.8 Å². The van der Waals surface area contributed by atoms with Crippen molar-refractivity contribution in [2.24, 2.45) is 0 Å². The number of aryl methyl sites for hydroxylation is 2. The topological polar surface area (TPSA) is 59.8 Å². The molecule has 5 rings (SSSR count). The first-order valence-corrected chi connectivity index (χ1v) is 10.4. The summed E-state index contributed by atoms with van der Waals surface area (Å²) in [6, 6.07) is 7.87. The van der Waals surface area contributed by atoms with Crippen molar-refractivity contribution in [1.29, 1.82) is 0 Å². The number of halogens is 3. The van der Waals surface area contributed by atoms with Gasteiger partial charge < -0.3 is 9.88 Å². The van der Waals surface area contributed by atoms with Crippen molar-refractivity contribution in [1.82, 2.24) is 14.5 Å². The predicted molar refractivity (Wildman–Crippen MR) is 111 cm³/mol. The summed E-state index contributed by atoms with van der Waals surface area (Å²) in [4.78, 5) is 22.1. The fourth-order valence-electron chi connectivity index (χ4n) is 3.64. The molecular weight excluding hydrogens is 425 g/mol. The van der Waals surface area contributed by atoms with E-state index in [2.05, 4.69) is 21.4 Å². The maximum absolute atomic E-state index is 13.9. The Morgan fingerprint density at radius 2 is 1.97 bits per heavy atom. The highest BCUT2D eigenvalue weighted by molar-refractivity contribution is 7.17. The lowest BCUT2D eigenvalue weighted by Gasteiger charge is -2.09. The minimum absolute atomic E-state index is 0.134. The number of imidazole rings is 1. The average molecular weight is 440 g/mol. The molecule has 5 nitrogen and oxygen atoms in total. The SMILES string of the molecule is O=C(Nc1ccc(F)c(F)c1F)c1nc2c(s1)-c1cc(-n3ccnc3)ccc1CCC2. The predicted octanol–water partition coefficient (Wildman–Crippen LogP) is 5.15. The summed E-state index contributed by atoms with van der Waals surface area (Å²) >= 11 is 1.20. The van der Waals surface area contributed by atoms with Gasteiger partial charge in [-0.1, -0.05) is 6.07 Å². The number of carbonyl (C=O) groups is 1. The number of thiazole rings is 1. The minimum Gasteiger partial charge on any atom is -0.317 e. The number of hydrogen-bond donors (Lipinski definition) is 1. The number of hydrogen-bond acceptors (Lipinski definition) is 4. The maximum atomic E-state index is 13.9. The molecule has 0 saturated heterocycles. The summed E-state index contributed by atoms with van der Waals surface area (Å²) in [7, 11) is 0. The number of nitrogens with zero attached hydrogens (tertiary/aromatic N) is 3. The summed E-state index contributed by atoms with van der Waals surface area (Å²) in [5, 5.41) is 2.43. The number of nitrogens with one attached hydrogen (secondary N) is 1. The van der Waals surface area contributed by atoms with Crippen LogP contribution in [0.25, 0.3) is 16.1 Å². The van der Waals surface area contributed by atoms with Gasteiger partial charge in [0.05, 0.1) is 22.6 Å². The fraction of sp³-hybridized carbons (Fsp3) is 0.136. The first kappa shape index (κ1) is 19.5. The molecule has 1 N–H and O–H groups in total. The Kier molecular flexibility index (Phi) is 4.82. The zero-order valence-electron chi connectivity index (χ0n) is 16.0. The van der Waals surface area contributed by atoms with Crippen LogP contribution < -0.4 is 5.32 Å². The zero-order valence-corrected chi connectivity index (χ0v) is 16.8. The van der Waals surface area contributed by atoms with Crippen LogP contribution in [0.5, 0.6) is 0 Å². The van der Waals surface area contributed by atoms with Crippen molar-refractivity contribution in [3.05, 3.63) is 82.8 Å². The smallest absolute Gasteiger partial charge is 0.284 e. The van der Waals surface area contributed by atoms with Crippen LogP contribution >= 0.6 is 11.3 Å². The second-order valence-electron chi connectivity index (χ2n) is 7.14. The summed E-state index contributed by atoms with van der Waals surface area (Å²) < 4.78 is 42.5. The number of amides is 1. The van der Waals surface area contributed by atoms with Crippen LogP contribution in [0.2, 0.25) is 0 Å². The van der Waals surface area contributed by atoms with E-state index >= 15 is 0 Å². The van der Waals surface area contributed by atoms with Crippen molar-refractivity contribution in [2.75, 3.05) is 5.32 Å². The monoisotopic (exact) mass is 440 g/mol. The highest BCUT2D eigenvalue weighted by Crippen LogP contribution is 2.38. The molecule has 1 amide bonds. The van der Waals surface area contributed by atoms with Gasteiger partial charge in [0.2, 0.25) is 0 Å². The van der Waals surface area contributed by atoms with E-state index in [0.29, 0.717) is 6.42 Å². The molecular formula is C22H15F3N4OS. The second kappa shape index (κ2) is 7.66. The van der Waals surface area contributed by atoms with Gasteiger partial charge in [-0.15, -0.1) is 11.3 Å². The number of aromatic nitrogens is 3. The van der Waals surface area contributed by atoms with Crippen molar-refractivity contribution in [2.45, 2.75) is 19.3 Å². The van der Waals surface area contributed by atoms with Gasteiger partial charge in [-0.3, -0.25) is 4.79 Å². The molecule has 9 heteroatoms. The molecule has 0 aliphatic heterocycles. The molecule has 0 unspecified atom stereocenters. The number of fused-ring (bicyclic) bond motifs is 3. The van der Waals surface area contributed by atoms with Gasteiger partial charge in [0.1, 0.15) is 0 Å². The molecule has 4 aromatic rings. The van der Waals surface area contributed by atoms with E-state index in [-0.39, 0.29) is 5.01 Å². The largest absolute Gasteiger partial charge is 0.317 e. The number of carbonyl (C=O) groups excluding carboxylic acids is 1. The normalized spacial score (nSPS) is 12.7. The summed E-state index contributed by atoms with van der Waals surface area (Å²) in [5.41, 5.74) is 3.45. The van der Waals surface area contributed by atoms with Crippen LogP contribution in [-0.4, -0.2) is 20.4 Å². The Hall–Kier alpha value is -3.46. The molecule has 2 aromatic carbocycles. The lowest BCUT2D eigenvalue weighted by atomic mass is 10.0. The summed E-state index contributed by atoms with van der Waals surface area (Å²) in [5.74, 6) is -5.06. The van der Waals surface area contributed by atoms with Gasteiger partial charge >= 0.3 is 0 Å². The van der Waals surface area contributed by atoms with E-state index in [9.17, 15) is 18.0 Å². The van der Waals surface area contributed by atoms with E-state index in [1.807, 2.05) is 22.9 Å². The van der Waals surface area contributed by atoms with Crippen molar-refractivity contribution >= 4 is 22.9 Å². The third-order valence-corrected chi connectivity index (χ3v) is 6.30. The molecule has 0 saturated carbocycles. The van der Waals surface area contributed by atoms with Crippen LogP contribution in [0, 0.1) is 17.5 Å². The lowest BCUT2D eigenvalue weighted by Crippen LogP contribution is -2.13. The average Bonchev–Trinajstić information content (AvgIpc) is 3.42. The maximum Gasteiger partial charge on any atom is 0.284 e. The first-order valence-electron chi connectivity index (χ1n) is 9.57. The summed E-state index contributed by atoms with van der Waals surface area (Å²) in [6.45, 7) is 0. The highest BCUT2D eigenvalue weighted by atomic mass is 32.1. The van der Waals surface area contributed by atoms with Gasteiger partial charge in [-0.25, -0.2) is 23.1 Å². The molecule has 2 heterocycles. The third kappa shape index (κ3) is 3.50. The van der Waals surface area contributed by atoms with Gasteiger partial charge in [0.15, 0.2) is 22.5 Å². The van der Waals surface area contributed by atoms with Crippen molar-refractivity contribution in [3.8, 4) is 16.1 Å².